The van der Waals surface area contributed by atoms with Crippen molar-refractivity contribution in [2.75, 3.05) is 24.3 Å². The number of amides is 1. The molecule has 2 rings (SSSR count). The van der Waals surface area contributed by atoms with Crippen LogP contribution in [0.15, 0.2) is 51.4 Å². The average Bonchev–Trinajstić information content (AvgIpc) is 2.45. The van der Waals surface area contributed by atoms with Crippen LogP contribution in [0, 0.1) is 0 Å². The normalized spacial score (nSPS) is 10.0. The van der Waals surface area contributed by atoms with E-state index in [4.69, 9.17) is 4.74 Å². The predicted molar refractivity (Wildman–Crippen MR) is 92.0 cm³/mol. The van der Waals surface area contributed by atoms with Gasteiger partial charge in [-0.25, -0.2) is 0 Å². The van der Waals surface area contributed by atoms with Crippen molar-refractivity contribution in [2.45, 2.75) is 0 Å². The molecule has 6 heteroatoms. The monoisotopic (exact) mass is 412 g/mol. The highest BCUT2D eigenvalue weighted by Gasteiger charge is 2.05. The zero-order valence-electron chi connectivity index (χ0n) is 11.3. The second-order valence-corrected chi connectivity index (χ2v) is 6.03. The van der Waals surface area contributed by atoms with E-state index < -0.39 is 0 Å². The number of benzene rings is 2. The van der Waals surface area contributed by atoms with Crippen molar-refractivity contribution >= 4 is 49.1 Å². The maximum absolute atomic E-state index is 11.9. The van der Waals surface area contributed by atoms with E-state index in [0.29, 0.717) is 0 Å². The second-order valence-electron chi connectivity index (χ2n) is 4.26. The summed E-state index contributed by atoms with van der Waals surface area (Å²) in [4.78, 5) is 11.9. The van der Waals surface area contributed by atoms with Crippen molar-refractivity contribution < 1.29 is 9.53 Å². The molecule has 0 unspecified atom stereocenters. The van der Waals surface area contributed by atoms with Gasteiger partial charge in [0, 0.05) is 15.8 Å². The number of nitrogens with one attached hydrogen (secondary N) is 2. The van der Waals surface area contributed by atoms with E-state index in [2.05, 4.69) is 42.5 Å². The predicted octanol–water partition coefficient (Wildman–Crippen LogP) is 4.27. The minimum atomic E-state index is -0.111. The summed E-state index contributed by atoms with van der Waals surface area (Å²) in [5.41, 5.74) is 1.60. The first-order valence-corrected chi connectivity index (χ1v) is 7.80. The molecule has 1 amide bonds. The van der Waals surface area contributed by atoms with Gasteiger partial charge in [0.15, 0.2) is 0 Å². The molecule has 0 saturated carbocycles. The van der Waals surface area contributed by atoms with Crippen LogP contribution in [0.25, 0.3) is 0 Å². The Kier molecular flexibility index (Phi) is 5.64. The molecule has 110 valence electrons. The van der Waals surface area contributed by atoms with E-state index in [1.165, 1.54) is 0 Å². The third-order valence-corrected chi connectivity index (χ3v) is 3.83. The summed E-state index contributed by atoms with van der Waals surface area (Å²) in [5.74, 6) is 0.638. The maximum atomic E-state index is 11.9. The van der Waals surface area contributed by atoms with Gasteiger partial charge in [-0.1, -0.05) is 22.0 Å². The molecule has 0 radical (unpaired) electrons. The molecule has 0 atom stereocenters. The number of anilines is 2. The Labute approximate surface area is 140 Å². The van der Waals surface area contributed by atoms with Crippen LogP contribution in [0.2, 0.25) is 0 Å². The van der Waals surface area contributed by atoms with Crippen molar-refractivity contribution in [1.29, 1.82) is 0 Å². The number of carbonyl (C=O) groups excluding carboxylic acids is 1. The molecule has 0 aliphatic heterocycles. The Balaban J connectivity index is 1.90. The van der Waals surface area contributed by atoms with Gasteiger partial charge < -0.3 is 15.4 Å². The summed E-state index contributed by atoms with van der Waals surface area (Å²) in [7, 11) is 1.61. The first-order chi connectivity index (χ1) is 10.1. The van der Waals surface area contributed by atoms with Gasteiger partial charge in [-0.3, -0.25) is 4.79 Å². The lowest BCUT2D eigenvalue weighted by atomic mass is 10.3. The van der Waals surface area contributed by atoms with Crippen LogP contribution in [0.4, 0.5) is 11.4 Å². The Morgan fingerprint density at radius 1 is 1.14 bits per heavy atom. The smallest absolute Gasteiger partial charge is 0.243 e. The Hall–Kier alpha value is -1.53. The van der Waals surface area contributed by atoms with E-state index in [9.17, 15) is 4.79 Å². The molecular formula is C15H14Br2N2O2. The SMILES string of the molecule is COc1ccc(NCC(=O)Nc2cccc(Br)c2)cc1Br. The highest BCUT2D eigenvalue weighted by Crippen LogP contribution is 2.27. The molecule has 0 saturated heterocycles. The van der Waals surface area contributed by atoms with Gasteiger partial charge in [-0.2, -0.15) is 0 Å². The average molecular weight is 414 g/mol. The lowest BCUT2D eigenvalue weighted by Gasteiger charge is -2.10. The summed E-state index contributed by atoms with van der Waals surface area (Å²) in [6.45, 7) is 0.186. The minimum Gasteiger partial charge on any atom is -0.496 e. The van der Waals surface area contributed by atoms with Gasteiger partial charge in [0.2, 0.25) is 5.91 Å². The van der Waals surface area contributed by atoms with Gasteiger partial charge in [0.05, 0.1) is 18.1 Å². The van der Waals surface area contributed by atoms with Gasteiger partial charge in [-0.05, 0) is 52.3 Å². The molecule has 0 aromatic heterocycles. The van der Waals surface area contributed by atoms with E-state index in [1.54, 1.807) is 7.11 Å². The third kappa shape index (κ3) is 4.75. The van der Waals surface area contributed by atoms with E-state index >= 15 is 0 Å². The molecule has 0 aliphatic carbocycles. The van der Waals surface area contributed by atoms with Gasteiger partial charge in [-0.15, -0.1) is 0 Å². The van der Waals surface area contributed by atoms with Crippen molar-refractivity contribution in [2.24, 2.45) is 0 Å². The van der Waals surface area contributed by atoms with Crippen LogP contribution in [0.3, 0.4) is 0 Å². The largest absolute Gasteiger partial charge is 0.496 e. The molecule has 0 heterocycles. The molecule has 21 heavy (non-hydrogen) atoms. The zero-order chi connectivity index (χ0) is 15.2. The Morgan fingerprint density at radius 2 is 1.95 bits per heavy atom. The lowest BCUT2D eigenvalue weighted by Crippen LogP contribution is -2.21. The summed E-state index contributed by atoms with van der Waals surface area (Å²) < 4.78 is 6.92. The highest BCUT2D eigenvalue weighted by atomic mass is 79.9. The van der Waals surface area contributed by atoms with Crippen LogP contribution in [-0.4, -0.2) is 19.6 Å². The lowest BCUT2D eigenvalue weighted by molar-refractivity contribution is -0.114. The maximum Gasteiger partial charge on any atom is 0.243 e. The number of hydrogen-bond acceptors (Lipinski definition) is 3. The number of ether oxygens (including phenoxy) is 1. The number of halogens is 2. The number of methoxy groups -OCH3 is 1. The van der Waals surface area contributed by atoms with E-state index in [-0.39, 0.29) is 12.5 Å². The zero-order valence-corrected chi connectivity index (χ0v) is 14.5. The summed E-state index contributed by atoms with van der Waals surface area (Å²) >= 11 is 6.77. The molecule has 2 N–H and O–H groups in total. The standard InChI is InChI=1S/C15H14Br2N2O2/c1-21-14-6-5-11(8-13(14)17)18-9-15(20)19-12-4-2-3-10(16)7-12/h2-8,18H,9H2,1H3,(H,19,20). The molecule has 0 bridgehead atoms. The Morgan fingerprint density at radius 3 is 2.62 bits per heavy atom. The van der Waals surface area contributed by atoms with Crippen LogP contribution in [0.1, 0.15) is 0 Å². The second kappa shape index (κ2) is 7.47. The highest BCUT2D eigenvalue weighted by molar-refractivity contribution is 9.10. The van der Waals surface area contributed by atoms with Gasteiger partial charge in [0.1, 0.15) is 5.75 Å². The van der Waals surface area contributed by atoms with Crippen LogP contribution in [0.5, 0.6) is 5.75 Å². The topological polar surface area (TPSA) is 50.4 Å². The fourth-order valence-corrected chi connectivity index (χ4v) is 2.67. The van der Waals surface area contributed by atoms with Crippen molar-refractivity contribution in [3.63, 3.8) is 0 Å². The molecule has 0 fully saturated rings. The molecule has 2 aromatic carbocycles. The quantitative estimate of drug-likeness (QED) is 0.769. The summed E-state index contributed by atoms with van der Waals surface area (Å²) in [6, 6.07) is 13.0. The van der Waals surface area contributed by atoms with E-state index in [0.717, 1.165) is 26.1 Å². The van der Waals surface area contributed by atoms with Crippen molar-refractivity contribution in [3.05, 3.63) is 51.4 Å². The fraction of sp³-hybridized carbons (Fsp3) is 0.133. The van der Waals surface area contributed by atoms with Crippen LogP contribution in [-0.2, 0) is 4.79 Å². The Bertz CT molecular complexity index is 647. The van der Waals surface area contributed by atoms with Crippen molar-refractivity contribution in [1.82, 2.24) is 0 Å². The molecule has 0 aliphatic rings. The number of carbonyl (C=O) groups is 1. The fourth-order valence-electron chi connectivity index (χ4n) is 1.73. The van der Waals surface area contributed by atoms with Crippen molar-refractivity contribution in [3.8, 4) is 5.75 Å². The summed E-state index contributed by atoms with van der Waals surface area (Å²) in [6.07, 6.45) is 0. The first-order valence-electron chi connectivity index (χ1n) is 6.21. The third-order valence-electron chi connectivity index (χ3n) is 2.71. The number of rotatable bonds is 5. The minimum absolute atomic E-state index is 0.111. The summed E-state index contributed by atoms with van der Waals surface area (Å²) in [5, 5.41) is 5.88. The number of hydrogen-bond donors (Lipinski definition) is 2. The van der Waals surface area contributed by atoms with Gasteiger partial charge >= 0.3 is 0 Å². The van der Waals surface area contributed by atoms with Gasteiger partial charge in [0.25, 0.3) is 0 Å². The molecule has 0 spiro atoms. The van der Waals surface area contributed by atoms with Crippen LogP contribution < -0.4 is 15.4 Å². The molecule has 2 aromatic rings. The molecular weight excluding hydrogens is 400 g/mol. The van der Waals surface area contributed by atoms with E-state index in [1.807, 2.05) is 42.5 Å². The first kappa shape index (κ1) is 15.9. The molecule has 4 nitrogen and oxygen atoms in total. The van der Waals surface area contributed by atoms with Crippen LogP contribution >= 0.6 is 31.9 Å².